The van der Waals surface area contributed by atoms with E-state index in [0.29, 0.717) is 17.9 Å². The normalized spacial score (nSPS) is 13.2. The molecule has 122 valence electrons. The summed E-state index contributed by atoms with van der Waals surface area (Å²) in [5.74, 6) is 0.0545. The van der Waals surface area contributed by atoms with E-state index in [1.807, 2.05) is 30.3 Å². The van der Waals surface area contributed by atoms with Crippen LogP contribution in [0.4, 0.5) is 0 Å². The second-order valence-corrected chi connectivity index (χ2v) is 5.07. The van der Waals surface area contributed by atoms with E-state index in [2.05, 4.69) is 0 Å². The van der Waals surface area contributed by atoms with Crippen LogP contribution in [0, 0.1) is 0 Å². The van der Waals surface area contributed by atoms with E-state index in [9.17, 15) is 9.90 Å². The highest BCUT2D eigenvalue weighted by molar-refractivity contribution is 5.76. The Morgan fingerprint density at radius 1 is 1.13 bits per heavy atom. The summed E-state index contributed by atoms with van der Waals surface area (Å²) in [6, 6.07) is 15.6. The summed E-state index contributed by atoms with van der Waals surface area (Å²) in [6.45, 7) is 2.38. The molecule has 0 unspecified atom stereocenters. The van der Waals surface area contributed by atoms with Crippen LogP contribution in [0.3, 0.4) is 0 Å². The predicted molar refractivity (Wildman–Crippen MR) is 86.8 cm³/mol. The van der Waals surface area contributed by atoms with Crippen LogP contribution in [-0.4, -0.2) is 23.7 Å². The molecule has 0 saturated heterocycles. The van der Waals surface area contributed by atoms with E-state index in [1.165, 1.54) is 0 Å². The van der Waals surface area contributed by atoms with Gasteiger partial charge in [-0.25, -0.2) is 0 Å². The minimum atomic E-state index is -1.11. The van der Waals surface area contributed by atoms with Crippen LogP contribution in [0.2, 0.25) is 0 Å². The lowest BCUT2D eigenvalue weighted by Gasteiger charge is -2.18. The van der Waals surface area contributed by atoms with Gasteiger partial charge in [-0.1, -0.05) is 42.5 Å². The monoisotopic (exact) mass is 315 g/mol. The standard InChI is InChI=1S/C18H21NO4/c1-2-22-18(21)16(19)17(20)14-8-10-15(11-9-14)23-12-13-6-4-3-5-7-13/h3-11,16-17,20H,2,12,19H2,1H3/t16-,17-/m1/s1. The molecule has 0 amide bonds. The Morgan fingerprint density at radius 3 is 2.39 bits per heavy atom. The van der Waals surface area contributed by atoms with E-state index < -0.39 is 18.1 Å². The summed E-state index contributed by atoms with van der Waals surface area (Å²) < 4.78 is 10.5. The second-order valence-electron chi connectivity index (χ2n) is 5.07. The minimum Gasteiger partial charge on any atom is -0.489 e. The molecule has 5 nitrogen and oxygen atoms in total. The fourth-order valence-corrected chi connectivity index (χ4v) is 2.08. The zero-order chi connectivity index (χ0) is 16.7. The van der Waals surface area contributed by atoms with Gasteiger partial charge in [0.1, 0.15) is 24.5 Å². The van der Waals surface area contributed by atoms with Crippen molar-refractivity contribution in [3.05, 3.63) is 65.7 Å². The number of aliphatic hydroxyl groups excluding tert-OH is 1. The van der Waals surface area contributed by atoms with E-state index in [-0.39, 0.29) is 6.61 Å². The molecule has 0 heterocycles. The number of aliphatic hydroxyl groups is 1. The van der Waals surface area contributed by atoms with Crippen LogP contribution in [0.5, 0.6) is 5.75 Å². The van der Waals surface area contributed by atoms with Crippen molar-refractivity contribution < 1.29 is 19.4 Å². The van der Waals surface area contributed by atoms with Gasteiger partial charge in [-0.2, -0.15) is 0 Å². The number of rotatable bonds is 7. The molecule has 0 saturated carbocycles. The highest BCUT2D eigenvalue weighted by atomic mass is 16.5. The molecule has 2 atom stereocenters. The fraction of sp³-hybridized carbons (Fsp3) is 0.278. The van der Waals surface area contributed by atoms with Gasteiger partial charge in [0.2, 0.25) is 0 Å². The first-order chi connectivity index (χ1) is 11.1. The average Bonchev–Trinajstić information content (AvgIpc) is 2.60. The highest BCUT2D eigenvalue weighted by Gasteiger charge is 2.25. The SMILES string of the molecule is CCOC(=O)[C@H](N)[C@H](O)c1ccc(OCc2ccccc2)cc1. The molecular weight excluding hydrogens is 294 g/mol. The Kier molecular flexibility index (Phi) is 6.14. The maximum atomic E-state index is 11.6. The van der Waals surface area contributed by atoms with Gasteiger partial charge in [0.05, 0.1) is 6.61 Å². The topological polar surface area (TPSA) is 81.8 Å². The van der Waals surface area contributed by atoms with Crippen molar-refractivity contribution in [3.8, 4) is 5.75 Å². The second kappa shape index (κ2) is 8.31. The van der Waals surface area contributed by atoms with Crippen LogP contribution in [-0.2, 0) is 16.1 Å². The molecule has 0 spiro atoms. The lowest BCUT2D eigenvalue weighted by atomic mass is 10.0. The number of hydrogen-bond acceptors (Lipinski definition) is 5. The first-order valence-electron chi connectivity index (χ1n) is 7.48. The summed E-state index contributed by atoms with van der Waals surface area (Å²) in [4.78, 5) is 11.6. The fourth-order valence-electron chi connectivity index (χ4n) is 2.08. The Balaban J connectivity index is 1.94. The molecule has 0 aromatic heterocycles. The van der Waals surface area contributed by atoms with Crippen molar-refractivity contribution in [3.63, 3.8) is 0 Å². The predicted octanol–water partition coefficient (Wildman–Crippen LogP) is 2.19. The highest BCUT2D eigenvalue weighted by Crippen LogP contribution is 2.21. The van der Waals surface area contributed by atoms with Crippen molar-refractivity contribution in [2.75, 3.05) is 6.61 Å². The molecular formula is C18H21NO4. The van der Waals surface area contributed by atoms with Crippen molar-refractivity contribution in [2.45, 2.75) is 25.7 Å². The van der Waals surface area contributed by atoms with Gasteiger partial charge in [-0.05, 0) is 30.2 Å². The first kappa shape index (κ1) is 17.0. The Hall–Kier alpha value is -2.37. The molecule has 0 fully saturated rings. The van der Waals surface area contributed by atoms with Gasteiger partial charge >= 0.3 is 5.97 Å². The van der Waals surface area contributed by atoms with Crippen LogP contribution in [0.1, 0.15) is 24.2 Å². The third-order valence-electron chi connectivity index (χ3n) is 3.37. The van der Waals surface area contributed by atoms with Crippen molar-refractivity contribution in [1.82, 2.24) is 0 Å². The lowest BCUT2D eigenvalue weighted by molar-refractivity contribution is -0.147. The number of benzene rings is 2. The Bertz CT molecular complexity index is 613. The summed E-state index contributed by atoms with van der Waals surface area (Å²) >= 11 is 0. The van der Waals surface area contributed by atoms with Gasteiger partial charge in [0, 0.05) is 0 Å². The van der Waals surface area contributed by atoms with Crippen molar-refractivity contribution >= 4 is 5.97 Å². The number of esters is 1. The van der Waals surface area contributed by atoms with Gasteiger partial charge in [-0.3, -0.25) is 4.79 Å². The van der Waals surface area contributed by atoms with Gasteiger partial charge in [0.25, 0.3) is 0 Å². The molecule has 5 heteroatoms. The molecule has 2 rings (SSSR count). The molecule has 3 N–H and O–H groups in total. The summed E-state index contributed by atoms with van der Waals surface area (Å²) in [7, 11) is 0. The van der Waals surface area contributed by atoms with Gasteiger partial charge < -0.3 is 20.3 Å². The molecule has 23 heavy (non-hydrogen) atoms. The number of carbonyl (C=O) groups excluding carboxylic acids is 1. The van der Waals surface area contributed by atoms with Crippen molar-refractivity contribution in [1.29, 1.82) is 0 Å². The molecule has 0 aliphatic heterocycles. The molecule has 0 aliphatic rings. The molecule has 2 aromatic rings. The molecule has 2 aromatic carbocycles. The zero-order valence-electron chi connectivity index (χ0n) is 13.0. The lowest BCUT2D eigenvalue weighted by Crippen LogP contribution is -2.38. The van der Waals surface area contributed by atoms with Crippen LogP contribution < -0.4 is 10.5 Å². The van der Waals surface area contributed by atoms with Gasteiger partial charge in [0.15, 0.2) is 0 Å². The maximum absolute atomic E-state index is 11.6. The van der Waals surface area contributed by atoms with E-state index in [4.69, 9.17) is 15.2 Å². The Morgan fingerprint density at radius 2 is 1.78 bits per heavy atom. The number of hydrogen-bond donors (Lipinski definition) is 2. The van der Waals surface area contributed by atoms with Crippen molar-refractivity contribution in [2.24, 2.45) is 5.73 Å². The summed E-state index contributed by atoms with van der Waals surface area (Å²) in [5, 5.41) is 10.1. The molecule has 0 radical (unpaired) electrons. The number of nitrogens with two attached hydrogens (primary N) is 1. The van der Waals surface area contributed by atoms with Crippen LogP contribution >= 0.6 is 0 Å². The maximum Gasteiger partial charge on any atom is 0.325 e. The smallest absolute Gasteiger partial charge is 0.325 e. The van der Waals surface area contributed by atoms with E-state index in [0.717, 1.165) is 5.56 Å². The minimum absolute atomic E-state index is 0.228. The van der Waals surface area contributed by atoms with Crippen LogP contribution in [0.15, 0.2) is 54.6 Å². The third kappa shape index (κ3) is 4.81. The molecule has 0 aliphatic carbocycles. The summed E-state index contributed by atoms with van der Waals surface area (Å²) in [6.07, 6.45) is -1.11. The largest absolute Gasteiger partial charge is 0.489 e. The number of ether oxygens (including phenoxy) is 2. The third-order valence-corrected chi connectivity index (χ3v) is 3.37. The quantitative estimate of drug-likeness (QED) is 0.765. The molecule has 0 bridgehead atoms. The van der Waals surface area contributed by atoms with Crippen LogP contribution in [0.25, 0.3) is 0 Å². The van der Waals surface area contributed by atoms with E-state index >= 15 is 0 Å². The average molecular weight is 315 g/mol. The zero-order valence-corrected chi connectivity index (χ0v) is 13.0. The number of carbonyl (C=O) groups is 1. The summed E-state index contributed by atoms with van der Waals surface area (Å²) in [5.41, 5.74) is 7.31. The van der Waals surface area contributed by atoms with Gasteiger partial charge in [-0.15, -0.1) is 0 Å². The van der Waals surface area contributed by atoms with E-state index in [1.54, 1.807) is 31.2 Å². The first-order valence-corrected chi connectivity index (χ1v) is 7.48. The Labute approximate surface area is 135 Å².